The maximum Gasteiger partial charge on any atom is 0.148 e. The Morgan fingerprint density at radius 2 is 1.23 bits per heavy atom. The van der Waals surface area contributed by atoms with Gasteiger partial charge < -0.3 is 9.52 Å². The Kier molecular flexibility index (Phi) is 11.1. The summed E-state index contributed by atoms with van der Waals surface area (Å²) in [6.07, 6.45) is 1.82. The number of imidazole rings is 1. The molecule has 7 aromatic carbocycles. The van der Waals surface area contributed by atoms with Gasteiger partial charge >= 0.3 is 0 Å². The molecule has 326 valence electrons. The first-order valence-electron chi connectivity index (χ1n) is 22.1. The number of hydrogen-bond donors (Lipinski definition) is 1. The first kappa shape index (κ1) is 43.7. The molecule has 0 fully saturated rings. The zero-order valence-electron chi connectivity index (χ0n) is 38.1. The van der Waals surface area contributed by atoms with Crippen LogP contribution in [0.4, 0.5) is 0 Å². The molecular formula is C59H52N3O2Pt-. The Hall–Kier alpha value is -6.55. The number of nitrogens with zero attached hydrogens (tertiary/aromatic N) is 3. The summed E-state index contributed by atoms with van der Waals surface area (Å²) >= 11 is 0. The van der Waals surface area contributed by atoms with Gasteiger partial charge in [-0.3, -0.25) is 9.55 Å². The SMILES string of the molecule is CC(C)(C)c1cc(-c2nc3c(-c4[c-]c(-c5nccc6oc7ccccc7c56)cc(C(C)(C)c5ccccc5)c4)cccc3n2-c2ccccc2-c2ccccc2)c(O)c(C(C)(C)C)c1.[Pt]. The van der Waals surface area contributed by atoms with Gasteiger partial charge in [0.1, 0.15) is 22.7 Å². The largest absolute Gasteiger partial charge is 0.507 e. The Balaban J connectivity index is 0.00000533. The van der Waals surface area contributed by atoms with Gasteiger partial charge in [0, 0.05) is 60.3 Å². The van der Waals surface area contributed by atoms with Crippen LogP contribution in [0.25, 0.3) is 83.6 Å². The van der Waals surface area contributed by atoms with E-state index in [4.69, 9.17) is 14.4 Å². The van der Waals surface area contributed by atoms with Crippen LogP contribution in [0.2, 0.25) is 0 Å². The molecule has 0 saturated heterocycles. The van der Waals surface area contributed by atoms with Crippen molar-refractivity contribution in [1.82, 2.24) is 14.5 Å². The van der Waals surface area contributed by atoms with Crippen LogP contribution in [0.15, 0.2) is 168 Å². The van der Waals surface area contributed by atoms with Crippen molar-refractivity contribution in [2.45, 2.75) is 71.6 Å². The molecular weight excluding hydrogens is 978 g/mol. The quantitative estimate of drug-likeness (QED) is 0.162. The van der Waals surface area contributed by atoms with Crippen LogP contribution in [0.3, 0.4) is 0 Å². The van der Waals surface area contributed by atoms with Crippen molar-refractivity contribution >= 4 is 33.0 Å². The molecule has 0 unspecified atom stereocenters. The van der Waals surface area contributed by atoms with Crippen molar-refractivity contribution in [2.24, 2.45) is 0 Å². The normalized spacial score (nSPS) is 12.2. The number of para-hydroxylation sites is 3. The van der Waals surface area contributed by atoms with Crippen molar-refractivity contribution in [3.05, 3.63) is 192 Å². The van der Waals surface area contributed by atoms with Crippen LogP contribution in [0.1, 0.15) is 77.6 Å². The van der Waals surface area contributed by atoms with E-state index in [2.05, 4.69) is 193 Å². The molecule has 6 heteroatoms. The van der Waals surface area contributed by atoms with E-state index in [9.17, 15) is 5.11 Å². The standard InChI is InChI=1S/C59H52N3O2.Pt/c1-57(2,3)41-35-46(55(63)47(36-41)58(4,5)6)56-61-54-44(26-19-28-49(54)62(56)48-27-17-15-24-43(48)37-20-11-9-12-21-37)38-32-39(34-42(33-38)59(7,8)40-22-13-10-14-23-40)53-52-45-25-16-18-29-50(45)64-51(52)30-31-60-53;/h9-31,33-36,63H,1-8H3;/q-1;. The number of pyridine rings is 1. The first-order chi connectivity index (χ1) is 30.7. The minimum Gasteiger partial charge on any atom is -0.507 e. The van der Waals surface area contributed by atoms with E-state index in [0.29, 0.717) is 11.4 Å². The Morgan fingerprint density at radius 1 is 0.569 bits per heavy atom. The summed E-state index contributed by atoms with van der Waals surface area (Å²) in [5, 5.41) is 14.5. The van der Waals surface area contributed by atoms with Crippen molar-refractivity contribution < 1.29 is 30.6 Å². The van der Waals surface area contributed by atoms with E-state index in [0.717, 1.165) is 88.9 Å². The second-order valence-corrected chi connectivity index (χ2v) is 19.6. The van der Waals surface area contributed by atoms with E-state index in [1.54, 1.807) is 0 Å². The van der Waals surface area contributed by atoms with Crippen molar-refractivity contribution in [3.63, 3.8) is 0 Å². The van der Waals surface area contributed by atoms with Gasteiger partial charge in [0.2, 0.25) is 0 Å². The fourth-order valence-corrected chi connectivity index (χ4v) is 9.18. The van der Waals surface area contributed by atoms with E-state index in [-0.39, 0.29) is 43.1 Å². The third-order valence-corrected chi connectivity index (χ3v) is 12.9. The third-order valence-electron chi connectivity index (χ3n) is 12.9. The summed E-state index contributed by atoms with van der Waals surface area (Å²) in [6.45, 7) is 17.7. The van der Waals surface area contributed by atoms with Crippen molar-refractivity contribution in [1.29, 1.82) is 0 Å². The van der Waals surface area contributed by atoms with Crippen LogP contribution in [-0.4, -0.2) is 19.6 Å². The zero-order valence-corrected chi connectivity index (χ0v) is 40.4. The summed E-state index contributed by atoms with van der Waals surface area (Å²) in [7, 11) is 0. The van der Waals surface area contributed by atoms with Crippen LogP contribution < -0.4 is 0 Å². The predicted molar refractivity (Wildman–Crippen MR) is 264 cm³/mol. The van der Waals surface area contributed by atoms with E-state index < -0.39 is 0 Å². The van der Waals surface area contributed by atoms with Gasteiger partial charge in [-0.05, 0) is 57.9 Å². The Bertz CT molecular complexity index is 3390. The number of furan rings is 1. The summed E-state index contributed by atoms with van der Waals surface area (Å²) in [6, 6.07) is 58.8. The molecule has 0 saturated carbocycles. The third kappa shape index (κ3) is 7.70. The summed E-state index contributed by atoms with van der Waals surface area (Å²) in [4.78, 5) is 10.7. The number of phenolic OH excluding ortho intramolecular Hbond substituents is 1. The Morgan fingerprint density at radius 3 is 1.97 bits per heavy atom. The number of phenols is 1. The number of rotatable bonds is 7. The molecule has 5 nitrogen and oxygen atoms in total. The predicted octanol–water partition coefficient (Wildman–Crippen LogP) is 15.4. The van der Waals surface area contributed by atoms with Crippen LogP contribution in [-0.2, 0) is 37.3 Å². The maximum absolute atomic E-state index is 12.5. The molecule has 10 aromatic rings. The molecule has 0 amide bonds. The fraction of sp³-hybridized carbons (Fsp3) is 0.186. The summed E-state index contributed by atoms with van der Waals surface area (Å²) in [5.74, 6) is 0.903. The van der Waals surface area contributed by atoms with Gasteiger partial charge in [-0.15, -0.1) is 29.3 Å². The van der Waals surface area contributed by atoms with Crippen LogP contribution >= 0.6 is 0 Å². The number of aromatic nitrogens is 3. The van der Waals surface area contributed by atoms with E-state index in [1.807, 2.05) is 36.5 Å². The topological polar surface area (TPSA) is 64.1 Å². The smallest absolute Gasteiger partial charge is 0.148 e. The summed E-state index contributed by atoms with van der Waals surface area (Å²) < 4.78 is 8.62. The number of hydrogen-bond acceptors (Lipinski definition) is 4. The van der Waals surface area contributed by atoms with Crippen LogP contribution in [0, 0.1) is 6.07 Å². The molecule has 3 heterocycles. The van der Waals surface area contributed by atoms with Gasteiger partial charge in [0.15, 0.2) is 0 Å². The second kappa shape index (κ2) is 16.5. The molecule has 0 aliphatic rings. The van der Waals surface area contributed by atoms with E-state index in [1.165, 1.54) is 5.56 Å². The van der Waals surface area contributed by atoms with Crippen molar-refractivity contribution in [3.8, 4) is 56.3 Å². The molecule has 65 heavy (non-hydrogen) atoms. The molecule has 0 spiro atoms. The molecule has 1 N–H and O–H groups in total. The molecule has 0 bridgehead atoms. The molecule has 10 rings (SSSR count). The fourth-order valence-electron chi connectivity index (χ4n) is 9.18. The average Bonchev–Trinajstić information content (AvgIpc) is 3.88. The molecule has 0 aliphatic carbocycles. The Labute approximate surface area is 396 Å². The zero-order chi connectivity index (χ0) is 44.5. The van der Waals surface area contributed by atoms with Crippen LogP contribution in [0.5, 0.6) is 5.75 Å². The molecule has 0 atom stereocenters. The average molecular weight is 1030 g/mol. The molecule has 0 radical (unpaired) electrons. The maximum atomic E-state index is 12.5. The van der Waals surface area contributed by atoms with Gasteiger partial charge in [-0.25, -0.2) is 4.98 Å². The number of aromatic hydroxyl groups is 1. The summed E-state index contributed by atoms with van der Waals surface area (Å²) in [5.41, 5.74) is 14.0. The monoisotopic (exact) mass is 1030 g/mol. The minimum atomic E-state index is -0.387. The molecule has 3 aromatic heterocycles. The van der Waals surface area contributed by atoms with E-state index >= 15 is 0 Å². The number of fused-ring (bicyclic) bond motifs is 4. The van der Waals surface area contributed by atoms with Gasteiger partial charge in [0.25, 0.3) is 0 Å². The first-order valence-corrected chi connectivity index (χ1v) is 22.1. The van der Waals surface area contributed by atoms with Gasteiger partial charge in [0.05, 0.1) is 22.3 Å². The minimum absolute atomic E-state index is 0. The molecule has 0 aliphatic heterocycles. The number of benzene rings is 7. The van der Waals surface area contributed by atoms with Gasteiger partial charge in [-0.2, -0.15) is 0 Å². The second-order valence-electron chi connectivity index (χ2n) is 19.6. The van der Waals surface area contributed by atoms with Gasteiger partial charge in [-0.1, -0.05) is 182 Å². The van der Waals surface area contributed by atoms with Crippen molar-refractivity contribution in [2.75, 3.05) is 0 Å².